The second-order valence-corrected chi connectivity index (χ2v) is 11.4. The number of halogens is 2. The van der Waals surface area contributed by atoms with Crippen LogP contribution in [-0.2, 0) is 4.74 Å². The maximum Gasteiger partial charge on any atom is 0.189 e. The zero-order valence-corrected chi connectivity index (χ0v) is 12.9. The minimum absolute atomic E-state index is 0.133. The highest BCUT2D eigenvalue weighted by atomic mass is 35.5. The molecule has 0 bridgehead atoms. The average molecular weight is 294 g/mol. The summed E-state index contributed by atoms with van der Waals surface area (Å²) < 4.78 is 18.4. The van der Waals surface area contributed by atoms with Crippen molar-refractivity contribution in [3.05, 3.63) is 28.2 Å². The van der Waals surface area contributed by atoms with E-state index in [1.807, 2.05) is 0 Å². The van der Waals surface area contributed by atoms with Crippen LogP contribution in [0, 0.1) is 0 Å². The molecule has 0 saturated carbocycles. The Bertz CT molecular complexity index is 408. The molecule has 1 aromatic rings. The van der Waals surface area contributed by atoms with Crippen LogP contribution in [0.2, 0.25) is 35.7 Å². The second-order valence-electron chi connectivity index (χ2n) is 4.97. The molecule has 1 rings (SSSR count). The fourth-order valence-corrected chi connectivity index (χ4v) is 2.07. The summed E-state index contributed by atoms with van der Waals surface area (Å²) in [7, 11) is -1.07. The molecule has 0 amide bonds. The number of rotatable bonds is 6. The van der Waals surface area contributed by atoms with E-state index in [1.165, 1.54) is 12.1 Å². The van der Waals surface area contributed by atoms with E-state index in [0.717, 1.165) is 6.04 Å². The first kappa shape index (κ1) is 13.2. The Morgan fingerprint density at radius 1 is 1.29 bits per heavy atom. The van der Waals surface area contributed by atoms with Crippen LogP contribution in [-0.4, -0.2) is 21.5 Å². The van der Waals surface area contributed by atoms with E-state index in [2.05, 4.69) is 19.6 Å². The zero-order valence-electron chi connectivity index (χ0n) is 11.3. The fraction of sp³-hybridized carbons (Fsp3) is 0.500. The topological polar surface area (TPSA) is 18.5 Å². The van der Waals surface area contributed by atoms with Crippen molar-refractivity contribution in [1.82, 2.24) is 0 Å². The Morgan fingerprint density at radius 2 is 2.00 bits per heavy atom. The largest absolute Gasteiger partial charge is 0.468 e. The molecule has 0 heterocycles. The first-order valence-electron chi connectivity index (χ1n) is 5.96. The van der Waals surface area contributed by atoms with Gasteiger partial charge >= 0.3 is 0 Å². The molecule has 0 spiro atoms. The van der Waals surface area contributed by atoms with Crippen LogP contribution < -0.4 is 4.74 Å². The van der Waals surface area contributed by atoms with Gasteiger partial charge in [0.15, 0.2) is 6.79 Å². The van der Waals surface area contributed by atoms with Gasteiger partial charge in [0.25, 0.3) is 0 Å². The third-order valence-electron chi connectivity index (χ3n) is 2.12. The van der Waals surface area contributed by atoms with Gasteiger partial charge in [0.2, 0.25) is 0 Å². The lowest BCUT2D eigenvalue weighted by molar-refractivity contribution is 0.0220. The molecule has 1 aromatic carbocycles. The molecule has 17 heavy (non-hydrogen) atoms. The monoisotopic (exact) mass is 293 g/mol. The fourth-order valence-electron chi connectivity index (χ4n) is 1.05. The normalized spacial score (nSPS) is 12.4. The van der Waals surface area contributed by atoms with E-state index in [4.69, 9.17) is 34.0 Å². The molecule has 0 unspecified atom stereocenters. The Balaban J connectivity index is 2.38. The molecule has 5 heteroatoms. The lowest BCUT2D eigenvalue weighted by Gasteiger charge is -2.15. The molecule has 96 valence electrons. The van der Waals surface area contributed by atoms with E-state index >= 15 is 0 Å². The summed E-state index contributed by atoms with van der Waals surface area (Å²) in [5, 5.41) is 0.735. The Kier molecular flexibility index (Phi) is 5.16. The molecule has 0 aliphatic carbocycles. The summed E-state index contributed by atoms with van der Waals surface area (Å²) in [5.74, 6) is 0.386. The molecule has 0 atom stereocenters. The Morgan fingerprint density at radius 3 is 2.65 bits per heavy atom. The minimum atomic E-state index is -1.07. The zero-order chi connectivity index (χ0) is 13.8. The molecule has 0 aliphatic rings. The van der Waals surface area contributed by atoms with Crippen molar-refractivity contribution in [2.45, 2.75) is 25.7 Å². The average Bonchev–Trinajstić information content (AvgIpc) is 2.23. The maximum atomic E-state index is 7.67. The van der Waals surface area contributed by atoms with Crippen molar-refractivity contribution in [3.63, 3.8) is 0 Å². The maximum absolute atomic E-state index is 7.67. The van der Waals surface area contributed by atoms with Crippen LogP contribution >= 0.6 is 23.2 Å². The van der Waals surface area contributed by atoms with Crippen LogP contribution in [0.5, 0.6) is 5.75 Å². The molecule has 0 aromatic heterocycles. The van der Waals surface area contributed by atoms with Gasteiger partial charge in [0.05, 0.1) is 11.4 Å². The van der Waals surface area contributed by atoms with E-state index in [0.29, 0.717) is 22.4 Å². The van der Waals surface area contributed by atoms with Crippen LogP contribution in [0.1, 0.15) is 1.37 Å². The summed E-state index contributed by atoms with van der Waals surface area (Å²) >= 11 is 11.6. The Hall–Kier alpha value is -0.223. The smallest absolute Gasteiger partial charge is 0.189 e. The predicted molar refractivity (Wildman–Crippen MR) is 76.1 cm³/mol. The van der Waals surface area contributed by atoms with Gasteiger partial charge in [-0.05, 0) is 18.2 Å². The number of benzene rings is 1. The SMILES string of the molecule is [2H]c1cc(Cl)c(Cl)cc1OCOCC[Si](C)(C)C. The van der Waals surface area contributed by atoms with Gasteiger partial charge in [0.1, 0.15) is 5.75 Å². The third-order valence-corrected chi connectivity index (χ3v) is 4.55. The van der Waals surface area contributed by atoms with Crippen molar-refractivity contribution < 1.29 is 10.8 Å². The molecular weight excluding hydrogens is 275 g/mol. The van der Waals surface area contributed by atoms with Crippen LogP contribution in [0.4, 0.5) is 0 Å². The number of hydrogen-bond acceptors (Lipinski definition) is 2. The van der Waals surface area contributed by atoms with Gasteiger partial charge in [-0.1, -0.05) is 42.8 Å². The third kappa shape index (κ3) is 6.31. The van der Waals surface area contributed by atoms with Gasteiger partial charge < -0.3 is 9.47 Å². The van der Waals surface area contributed by atoms with E-state index in [9.17, 15) is 0 Å². The van der Waals surface area contributed by atoms with E-state index in [1.54, 1.807) is 0 Å². The highest BCUT2D eigenvalue weighted by Gasteiger charge is 2.11. The standard InChI is InChI=1S/C12H18Cl2O2Si/c1-17(2,3)7-6-15-9-16-10-4-5-11(13)12(14)8-10/h4-5,8H,6-7,9H2,1-3H3/i4D. The molecule has 2 nitrogen and oxygen atoms in total. The van der Waals surface area contributed by atoms with Gasteiger partial charge in [-0.25, -0.2) is 0 Å². The molecule has 0 radical (unpaired) electrons. The van der Waals surface area contributed by atoms with Gasteiger partial charge in [0, 0.05) is 20.7 Å². The highest BCUT2D eigenvalue weighted by Crippen LogP contribution is 2.26. The van der Waals surface area contributed by atoms with Crippen LogP contribution in [0.25, 0.3) is 0 Å². The van der Waals surface area contributed by atoms with E-state index in [-0.39, 0.29) is 12.8 Å². The molecule has 0 N–H and O–H groups in total. The summed E-state index contributed by atoms with van der Waals surface area (Å²) in [6.45, 7) is 7.69. The molecule has 0 fully saturated rings. The predicted octanol–water partition coefficient (Wildman–Crippen LogP) is 4.68. The van der Waals surface area contributed by atoms with Crippen molar-refractivity contribution in [1.29, 1.82) is 0 Å². The summed E-state index contributed by atoms with van der Waals surface area (Å²) in [5.41, 5.74) is 0. The highest BCUT2D eigenvalue weighted by molar-refractivity contribution is 6.76. The van der Waals surface area contributed by atoms with Crippen LogP contribution in [0.3, 0.4) is 0 Å². The first-order valence-corrected chi connectivity index (χ1v) is 9.92. The van der Waals surface area contributed by atoms with Crippen LogP contribution in [0.15, 0.2) is 18.2 Å². The quantitative estimate of drug-likeness (QED) is 0.431. The molecule has 0 aliphatic heterocycles. The summed E-state index contributed by atoms with van der Waals surface area (Å²) in [6.07, 6.45) is 0. The van der Waals surface area contributed by atoms with Crippen molar-refractivity contribution in [2.75, 3.05) is 13.4 Å². The Labute approximate surface area is 115 Å². The van der Waals surface area contributed by atoms with Gasteiger partial charge in [-0.3, -0.25) is 0 Å². The minimum Gasteiger partial charge on any atom is -0.468 e. The van der Waals surface area contributed by atoms with Crippen molar-refractivity contribution in [3.8, 4) is 5.75 Å². The molecule has 0 saturated heterocycles. The molecular formula is C12H18Cl2O2Si. The number of ether oxygens (including phenoxy) is 2. The second kappa shape index (κ2) is 6.64. The van der Waals surface area contributed by atoms with Gasteiger partial charge in [-0.2, -0.15) is 0 Å². The van der Waals surface area contributed by atoms with E-state index < -0.39 is 8.07 Å². The first-order chi connectivity index (χ1) is 8.29. The summed E-state index contributed by atoms with van der Waals surface area (Å²) in [4.78, 5) is 0. The lowest BCUT2D eigenvalue weighted by atomic mass is 10.3. The lowest BCUT2D eigenvalue weighted by Crippen LogP contribution is -2.22. The van der Waals surface area contributed by atoms with Crippen molar-refractivity contribution >= 4 is 31.3 Å². The number of hydrogen-bond donors (Lipinski definition) is 0. The summed E-state index contributed by atoms with van der Waals surface area (Å²) in [6, 6.07) is 4.29. The van der Waals surface area contributed by atoms with Gasteiger partial charge in [-0.15, -0.1) is 0 Å². The van der Waals surface area contributed by atoms with Crippen molar-refractivity contribution in [2.24, 2.45) is 0 Å².